The van der Waals surface area contributed by atoms with Crippen molar-refractivity contribution in [2.75, 3.05) is 11.9 Å². The van der Waals surface area contributed by atoms with Gasteiger partial charge in [0.15, 0.2) is 0 Å². The van der Waals surface area contributed by atoms with Crippen LogP contribution >= 0.6 is 15.9 Å². The molecule has 0 saturated heterocycles. The maximum atomic E-state index is 12.7. The first-order valence-electron chi connectivity index (χ1n) is 9.37. The summed E-state index contributed by atoms with van der Waals surface area (Å²) in [6, 6.07) is 21.2. The van der Waals surface area contributed by atoms with Gasteiger partial charge >= 0.3 is 5.97 Å². The van der Waals surface area contributed by atoms with Crippen molar-refractivity contribution in [2.45, 2.75) is 12.3 Å². The molecule has 0 spiro atoms. The topological polar surface area (TPSA) is 38.3 Å². The molecule has 28 heavy (non-hydrogen) atoms. The van der Waals surface area contributed by atoms with E-state index in [1.54, 1.807) is 0 Å². The van der Waals surface area contributed by atoms with Gasteiger partial charge in [-0.25, -0.2) is 4.79 Å². The number of hydrogen-bond donors (Lipinski definition) is 1. The van der Waals surface area contributed by atoms with E-state index in [1.807, 2.05) is 12.1 Å². The van der Waals surface area contributed by atoms with E-state index in [4.69, 9.17) is 4.74 Å². The minimum absolute atomic E-state index is 0.112. The Balaban J connectivity index is 1.62. The number of nitrogens with one attached hydrogen (secondary N) is 1. The minimum Gasteiger partial charge on any atom is -0.456 e. The summed E-state index contributed by atoms with van der Waals surface area (Å²) in [5.74, 6) is -0.326. The van der Waals surface area contributed by atoms with Crippen molar-refractivity contribution in [1.29, 1.82) is 0 Å². The van der Waals surface area contributed by atoms with Gasteiger partial charge in [0.1, 0.15) is 6.61 Å². The molecule has 136 valence electrons. The molecule has 3 aromatic carbocycles. The molecule has 1 atom stereocenters. The molecule has 0 radical (unpaired) electrons. The molecule has 3 aliphatic rings. The lowest BCUT2D eigenvalue weighted by molar-refractivity contribution is -0.136. The lowest BCUT2D eigenvalue weighted by Crippen LogP contribution is -2.21. The summed E-state index contributed by atoms with van der Waals surface area (Å²) >= 11 is 3.52. The second-order valence-corrected chi connectivity index (χ2v) is 8.38. The lowest BCUT2D eigenvalue weighted by Gasteiger charge is -2.29. The predicted molar refractivity (Wildman–Crippen MR) is 112 cm³/mol. The van der Waals surface area contributed by atoms with Crippen LogP contribution in [0.15, 0.2) is 76.4 Å². The number of cyclic esters (lactones) is 1. The summed E-state index contributed by atoms with van der Waals surface area (Å²) in [6.45, 7) is 0.317. The van der Waals surface area contributed by atoms with Crippen LogP contribution in [0.1, 0.15) is 28.2 Å². The van der Waals surface area contributed by atoms with Gasteiger partial charge in [-0.05, 0) is 58.0 Å². The molecule has 3 aromatic rings. The molecule has 1 N–H and O–H groups in total. The Labute approximate surface area is 171 Å². The predicted octanol–water partition coefficient (Wildman–Crippen LogP) is 5.39. The number of halogens is 1. The van der Waals surface area contributed by atoms with E-state index in [-0.39, 0.29) is 11.9 Å². The van der Waals surface area contributed by atoms with Crippen LogP contribution in [-0.2, 0) is 16.0 Å². The first-order valence-corrected chi connectivity index (χ1v) is 10.2. The molecule has 6 rings (SSSR count). The molecule has 2 aliphatic heterocycles. The zero-order chi connectivity index (χ0) is 18.8. The molecule has 2 heterocycles. The van der Waals surface area contributed by atoms with Crippen molar-refractivity contribution in [3.63, 3.8) is 0 Å². The molecule has 1 unspecified atom stereocenters. The maximum Gasteiger partial charge on any atom is 0.337 e. The van der Waals surface area contributed by atoms with Crippen LogP contribution < -0.4 is 5.32 Å². The summed E-state index contributed by atoms with van der Waals surface area (Å²) in [7, 11) is 0. The van der Waals surface area contributed by atoms with Crippen molar-refractivity contribution in [2.24, 2.45) is 0 Å². The number of esters is 1. The number of rotatable bonds is 1. The normalized spacial score (nSPS) is 18.8. The molecule has 0 amide bonds. The van der Waals surface area contributed by atoms with Crippen molar-refractivity contribution >= 4 is 27.6 Å². The van der Waals surface area contributed by atoms with Crippen molar-refractivity contribution in [3.05, 3.63) is 98.7 Å². The maximum absolute atomic E-state index is 12.7. The Kier molecular flexibility index (Phi) is 3.36. The molecule has 0 aromatic heterocycles. The molecular weight excluding hydrogens is 414 g/mol. The summed E-state index contributed by atoms with van der Waals surface area (Å²) in [5, 5.41) is 3.48. The van der Waals surface area contributed by atoms with E-state index in [9.17, 15) is 4.79 Å². The number of fused-ring (bicyclic) bond motifs is 5. The Bertz CT molecular complexity index is 1190. The average Bonchev–Trinajstić information content (AvgIpc) is 3.27. The zero-order valence-electron chi connectivity index (χ0n) is 15.0. The van der Waals surface area contributed by atoms with Crippen LogP contribution in [0.2, 0.25) is 0 Å². The second kappa shape index (κ2) is 5.82. The smallest absolute Gasteiger partial charge is 0.337 e. The number of hydrogen-bond acceptors (Lipinski definition) is 3. The highest BCUT2D eigenvalue weighted by molar-refractivity contribution is 9.10. The van der Waals surface area contributed by atoms with E-state index in [0.717, 1.165) is 33.4 Å². The highest BCUT2D eigenvalue weighted by Gasteiger charge is 2.40. The SMILES string of the molecule is O=C1OCC2=C1C(c1ccc(Br)cc1)c1c(ccc3c1Cc1ccccc1-3)N2. The first-order chi connectivity index (χ1) is 13.7. The lowest BCUT2D eigenvalue weighted by atomic mass is 9.78. The summed E-state index contributed by atoms with van der Waals surface area (Å²) in [6.07, 6.45) is 0.890. The van der Waals surface area contributed by atoms with Crippen LogP contribution in [0, 0.1) is 0 Å². The van der Waals surface area contributed by atoms with Gasteiger partial charge < -0.3 is 10.1 Å². The number of carbonyl (C=O) groups is 1. The average molecular weight is 430 g/mol. The van der Waals surface area contributed by atoms with E-state index in [1.165, 1.54) is 27.8 Å². The zero-order valence-corrected chi connectivity index (χ0v) is 16.5. The third-order valence-corrected chi connectivity index (χ3v) is 6.52. The number of ether oxygens (including phenoxy) is 1. The Morgan fingerprint density at radius 2 is 1.79 bits per heavy atom. The van der Waals surface area contributed by atoms with Crippen molar-refractivity contribution < 1.29 is 9.53 Å². The number of benzene rings is 3. The number of anilines is 1. The highest BCUT2D eigenvalue weighted by Crippen LogP contribution is 2.50. The third kappa shape index (κ3) is 2.18. The molecule has 3 nitrogen and oxygen atoms in total. The summed E-state index contributed by atoms with van der Waals surface area (Å²) in [4.78, 5) is 12.7. The van der Waals surface area contributed by atoms with Gasteiger partial charge in [-0.3, -0.25) is 0 Å². The Hall–Kier alpha value is -2.85. The van der Waals surface area contributed by atoms with Crippen LogP contribution in [0.25, 0.3) is 11.1 Å². The molecule has 0 bridgehead atoms. The second-order valence-electron chi connectivity index (χ2n) is 7.46. The number of carbonyl (C=O) groups excluding carboxylic acids is 1. The van der Waals surface area contributed by atoms with Gasteiger partial charge in [0, 0.05) is 16.1 Å². The highest BCUT2D eigenvalue weighted by atomic mass is 79.9. The fourth-order valence-corrected chi connectivity index (χ4v) is 5.05. The van der Waals surface area contributed by atoms with E-state index in [0.29, 0.717) is 6.61 Å². The molecular formula is C24H16BrNO2. The van der Waals surface area contributed by atoms with Gasteiger partial charge in [-0.2, -0.15) is 0 Å². The quantitative estimate of drug-likeness (QED) is 0.412. The fraction of sp³-hybridized carbons (Fsp3) is 0.125. The Morgan fingerprint density at radius 1 is 0.964 bits per heavy atom. The van der Waals surface area contributed by atoms with Gasteiger partial charge in [0.2, 0.25) is 0 Å². The molecule has 0 fully saturated rings. The summed E-state index contributed by atoms with van der Waals surface area (Å²) in [5.41, 5.74) is 10.3. The van der Waals surface area contributed by atoms with Crippen LogP contribution in [-0.4, -0.2) is 12.6 Å². The Morgan fingerprint density at radius 3 is 2.64 bits per heavy atom. The van der Waals surface area contributed by atoms with Crippen molar-refractivity contribution in [1.82, 2.24) is 0 Å². The van der Waals surface area contributed by atoms with E-state index in [2.05, 4.69) is 69.8 Å². The van der Waals surface area contributed by atoms with E-state index < -0.39 is 0 Å². The standard InChI is InChI=1S/C24H16BrNO2/c25-15-7-5-13(6-8-15)21-22-18-11-14-3-1-2-4-16(14)17(18)9-10-19(22)26-20-12-28-24(27)23(20)21/h1-10,21,26H,11-12H2. The third-order valence-electron chi connectivity index (χ3n) is 5.99. The van der Waals surface area contributed by atoms with Crippen LogP contribution in [0.5, 0.6) is 0 Å². The molecule has 1 aliphatic carbocycles. The van der Waals surface area contributed by atoms with Crippen molar-refractivity contribution in [3.8, 4) is 11.1 Å². The van der Waals surface area contributed by atoms with E-state index >= 15 is 0 Å². The van der Waals surface area contributed by atoms with Crippen LogP contribution in [0.4, 0.5) is 5.69 Å². The molecule has 4 heteroatoms. The van der Waals surface area contributed by atoms with Gasteiger partial charge in [0.05, 0.1) is 11.3 Å². The van der Waals surface area contributed by atoms with Crippen LogP contribution in [0.3, 0.4) is 0 Å². The monoisotopic (exact) mass is 429 g/mol. The van der Waals surface area contributed by atoms with Gasteiger partial charge in [0.25, 0.3) is 0 Å². The fourth-order valence-electron chi connectivity index (χ4n) is 4.78. The van der Waals surface area contributed by atoms with Gasteiger partial charge in [-0.15, -0.1) is 0 Å². The molecule has 0 saturated carbocycles. The minimum atomic E-state index is -0.214. The summed E-state index contributed by atoms with van der Waals surface area (Å²) < 4.78 is 6.43. The largest absolute Gasteiger partial charge is 0.456 e. The van der Waals surface area contributed by atoms with Gasteiger partial charge in [-0.1, -0.05) is 58.4 Å². The first kappa shape index (κ1) is 16.1.